The van der Waals surface area contributed by atoms with Gasteiger partial charge in [0.2, 0.25) is 0 Å². The number of nitrogens with one attached hydrogen (secondary N) is 2. The van der Waals surface area contributed by atoms with Crippen molar-refractivity contribution >= 4 is 22.7 Å². The lowest BCUT2D eigenvalue weighted by Crippen LogP contribution is -1.70. The van der Waals surface area contributed by atoms with E-state index in [0.717, 1.165) is 67.6 Å². The zero-order valence-corrected chi connectivity index (χ0v) is 28.4. The molecule has 6 heterocycles. The predicted molar refractivity (Wildman–Crippen MR) is 171 cm³/mol. The summed E-state index contributed by atoms with van der Waals surface area (Å²) in [6.45, 7) is 23.3. The SMILES string of the molecule is Cc1cnc(C)[nH]1.Cc1cnc(C)[nH]1.Cc1coc(C)n1.Cc1coc(C)n1.Cc1csc(C)n1.Cc1csc(C)n1. The Morgan fingerprint density at radius 3 is 0.929 bits per heavy atom. The Morgan fingerprint density at radius 1 is 0.500 bits per heavy atom. The van der Waals surface area contributed by atoms with Gasteiger partial charge in [-0.05, 0) is 69.2 Å². The summed E-state index contributed by atoms with van der Waals surface area (Å²) in [5.74, 6) is 3.44. The van der Waals surface area contributed by atoms with Gasteiger partial charge < -0.3 is 18.8 Å². The summed E-state index contributed by atoms with van der Waals surface area (Å²) in [5, 5.41) is 6.40. The Labute approximate surface area is 257 Å². The van der Waals surface area contributed by atoms with E-state index in [1.807, 2.05) is 95.5 Å². The van der Waals surface area contributed by atoms with Crippen LogP contribution in [0.15, 0.2) is 44.5 Å². The van der Waals surface area contributed by atoms with Gasteiger partial charge in [0.25, 0.3) is 0 Å². The van der Waals surface area contributed by atoms with Crippen LogP contribution in [-0.4, -0.2) is 39.9 Å². The number of aryl methyl sites for hydroxylation is 12. The molecule has 2 N–H and O–H groups in total. The number of imidazole rings is 2. The molecular weight excluding hydrogens is 569 g/mol. The fraction of sp³-hybridized carbons (Fsp3) is 0.400. The third-order valence-electron chi connectivity index (χ3n) is 4.60. The molecule has 6 rings (SSSR count). The van der Waals surface area contributed by atoms with Gasteiger partial charge in [-0.25, -0.2) is 29.9 Å². The van der Waals surface area contributed by atoms with Crippen LogP contribution >= 0.6 is 22.7 Å². The lowest BCUT2D eigenvalue weighted by atomic mass is 10.6. The van der Waals surface area contributed by atoms with E-state index in [0.29, 0.717) is 0 Å². The van der Waals surface area contributed by atoms with E-state index in [9.17, 15) is 0 Å². The first-order valence-corrected chi connectivity index (χ1v) is 15.0. The Kier molecular flexibility index (Phi) is 16.6. The van der Waals surface area contributed by atoms with Gasteiger partial charge in [-0.3, -0.25) is 0 Å². The van der Waals surface area contributed by atoms with Gasteiger partial charge in [0.05, 0.1) is 21.4 Å². The molecule has 0 aromatic carbocycles. The number of aromatic nitrogens is 8. The molecule has 0 fully saturated rings. The van der Waals surface area contributed by atoms with E-state index < -0.39 is 0 Å². The molecule has 0 amide bonds. The summed E-state index contributed by atoms with van der Waals surface area (Å²) in [6, 6.07) is 0. The monoisotopic (exact) mass is 612 g/mol. The highest BCUT2D eigenvalue weighted by Crippen LogP contribution is 2.05. The van der Waals surface area contributed by atoms with Crippen LogP contribution in [0.3, 0.4) is 0 Å². The van der Waals surface area contributed by atoms with E-state index in [1.165, 1.54) is 0 Å². The molecule has 0 aliphatic heterocycles. The van der Waals surface area contributed by atoms with Crippen molar-refractivity contribution in [1.29, 1.82) is 0 Å². The third kappa shape index (κ3) is 17.7. The molecule has 10 nitrogen and oxygen atoms in total. The second-order valence-electron chi connectivity index (χ2n) is 9.33. The van der Waals surface area contributed by atoms with E-state index in [1.54, 1.807) is 35.2 Å². The first-order valence-electron chi connectivity index (χ1n) is 13.2. The maximum absolute atomic E-state index is 4.85. The minimum atomic E-state index is 0.734. The molecule has 0 unspecified atom stereocenters. The number of thiazole rings is 2. The number of hydrogen-bond donors (Lipinski definition) is 2. The second kappa shape index (κ2) is 19.3. The molecule has 0 saturated heterocycles. The highest BCUT2D eigenvalue weighted by molar-refractivity contribution is 7.09. The van der Waals surface area contributed by atoms with E-state index in [2.05, 4.69) is 50.6 Å². The highest BCUT2D eigenvalue weighted by atomic mass is 32.1. The number of H-pyrrole nitrogens is 2. The molecule has 6 aromatic rings. The van der Waals surface area contributed by atoms with Crippen LogP contribution in [0.4, 0.5) is 0 Å². The van der Waals surface area contributed by atoms with Gasteiger partial charge >= 0.3 is 0 Å². The van der Waals surface area contributed by atoms with Gasteiger partial charge in [0, 0.05) is 59.8 Å². The third-order valence-corrected chi connectivity index (χ3v) is 6.38. The number of oxazole rings is 2. The molecule has 42 heavy (non-hydrogen) atoms. The number of hydrogen-bond acceptors (Lipinski definition) is 10. The van der Waals surface area contributed by atoms with Crippen molar-refractivity contribution in [1.82, 2.24) is 39.9 Å². The van der Waals surface area contributed by atoms with Crippen molar-refractivity contribution in [3.63, 3.8) is 0 Å². The lowest BCUT2D eigenvalue weighted by molar-refractivity contribution is 0.520. The van der Waals surface area contributed by atoms with Gasteiger partial charge in [-0.2, -0.15) is 0 Å². The Balaban J connectivity index is 0.000000252. The molecule has 6 aromatic heterocycles. The topological polar surface area (TPSA) is 135 Å². The van der Waals surface area contributed by atoms with Crippen LogP contribution in [0, 0.1) is 83.1 Å². The van der Waals surface area contributed by atoms with Crippen LogP contribution in [0.2, 0.25) is 0 Å². The Hall–Kier alpha value is -3.90. The van der Waals surface area contributed by atoms with Crippen molar-refractivity contribution in [3.05, 3.63) is 103 Å². The second-order valence-corrected chi connectivity index (χ2v) is 11.5. The summed E-state index contributed by atoms with van der Waals surface area (Å²) in [5.41, 5.74) is 6.38. The van der Waals surface area contributed by atoms with E-state index >= 15 is 0 Å². The molecule has 0 radical (unpaired) electrons. The largest absolute Gasteiger partial charge is 0.449 e. The Morgan fingerprint density at radius 2 is 0.857 bits per heavy atom. The molecule has 0 atom stereocenters. The zero-order valence-electron chi connectivity index (χ0n) is 26.8. The number of rotatable bonds is 0. The van der Waals surface area contributed by atoms with Crippen LogP contribution < -0.4 is 0 Å². The minimum absolute atomic E-state index is 0.734. The van der Waals surface area contributed by atoms with Crippen molar-refractivity contribution in [2.24, 2.45) is 0 Å². The summed E-state index contributed by atoms with van der Waals surface area (Å²) in [7, 11) is 0. The van der Waals surface area contributed by atoms with Crippen LogP contribution in [0.25, 0.3) is 0 Å². The number of nitrogens with zero attached hydrogens (tertiary/aromatic N) is 6. The van der Waals surface area contributed by atoms with Crippen molar-refractivity contribution in [3.8, 4) is 0 Å². The molecular formula is C30H44N8O2S2. The maximum Gasteiger partial charge on any atom is 0.191 e. The highest BCUT2D eigenvalue weighted by Gasteiger charge is 1.89. The molecule has 0 aliphatic rings. The smallest absolute Gasteiger partial charge is 0.191 e. The van der Waals surface area contributed by atoms with Gasteiger partial charge in [0.1, 0.15) is 24.2 Å². The van der Waals surface area contributed by atoms with Gasteiger partial charge in [0.15, 0.2) is 11.8 Å². The maximum atomic E-state index is 4.85. The normalized spacial score (nSPS) is 9.43. The molecule has 0 bridgehead atoms. The molecule has 0 aliphatic carbocycles. The van der Waals surface area contributed by atoms with Crippen LogP contribution in [0.1, 0.15) is 67.6 Å². The first kappa shape index (κ1) is 36.1. The Bertz CT molecular complexity index is 1140. The molecule has 12 heteroatoms. The quantitative estimate of drug-likeness (QED) is 0.175. The summed E-state index contributed by atoms with van der Waals surface area (Å²) in [4.78, 5) is 30.1. The van der Waals surface area contributed by atoms with E-state index in [4.69, 9.17) is 8.83 Å². The van der Waals surface area contributed by atoms with Crippen LogP contribution in [-0.2, 0) is 0 Å². The van der Waals surface area contributed by atoms with Gasteiger partial charge in [-0.1, -0.05) is 0 Å². The fourth-order valence-corrected chi connectivity index (χ4v) is 4.15. The zero-order chi connectivity index (χ0) is 31.7. The van der Waals surface area contributed by atoms with Gasteiger partial charge in [-0.15, -0.1) is 22.7 Å². The van der Waals surface area contributed by atoms with Crippen molar-refractivity contribution in [2.75, 3.05) is 0 Å². The predicted octanol–water partition coefficient (Wildman–Crippen LogP) is 8.16. The van der Waals surface area contributed by atoms with Crippen LogP contribution in [0.5, 0.6) is 0 Å². The fourth-order valence-electron chi connectivity index (χ4n) is 2.97. The lowest BCUT2D eigenvalue weighted by Gasteiger charge is -1.74. The molecule has 0 saturated carbocycles. The van der Waals surface area contributed by atoms with Crippen molar-refractivity contribution < 1.29 is 8.83 Å². The first-order chi connectivity index (χ1) is 19.7. The van der Waals surface area contributed by atoms with Crippen molar-refractivity contribution in [2.45, 2.75) is 83.1 Å². The summed E-state index contributed by atoms with van der Waals surface area (Å²) in [6.07, 6.45) is 6.90. The summed E-state index contributed by atoms with van der Waals surface area (Å²) < 4.78 is 9.71. The molecule has 228 valence electrons. The average Bonchev–Trinajstić information content (AvgIpc) is 3.76. The average molecular weight is 613 g/mol. The van der Waals surface area contributed by atoms with E-state index in [-0.39, 0.29) is 0 Å². The summed E-state index contributed by atoms with van der Waals surface area (Å²) >= 11 is 3.39. The standard InChI is InChI=1S/2C5H8N2.2C5H7NO.2C5H7NS/c2*1-4-3-6-5(2)7-4;4*1-4-3-7-5(2)6-4/h2*3H,1-2H3,(H,6,7);4*3H,1-2H3. The molecule has 0 spiro atoms. The minimum Gasteiger partial charge on any atom is -0.449 e. The number of aromatic amines is 2.